The zero-order chi connectivity index (χ0) is 11.7. The maximum Gasteiger partial charge on any atom is 0.113 e. The second-order valence-corrected chi connectivity index (χ2v) is 3.73. The fourth-order valence-corrected chi connectivity index (χ4v) is 2.05. The second-order valence-electron chi connectivity index (χ2n) is 3.73. The van der Waals surface area contributed by atoms with Gasteiger partial charge in [-0.1, -0.05) is 25.3 Å². The maximum atomic E-state index is 4.03. The minimum absolute atomic E-state index is 0.893. The number of rotatable bonds is 2. The summed E-state index contributed by atoms with van der Waals surface area (Å²) >= 11 is 0. The van der Waals surface area contributed by atoms with Crippen LogP contribution >= 0.6 is 0 Å². The molecule has 0 atom stereocenters. The van der Waals surface area contributed by atoms with Crippen LogP contribution in [-0.4, -0.2) is 7.05 Å². The number of para-hydroxylation sites is 2. The Labute approximate surface area is 96.8 Å². The van der Waals surface area contributed by atoms with E-state index in [-0.39, 0.29) is 0 Å². The minimum atomic E-state index is 0.893. The molecular formula is C14H16N2. The first-order chi connectivity index (χ1) is 7.70. The molecule has 1 aromatic rings. The summed E-state index contributed by atoms with van der Waals surface area (Å²) in [5.74, 6) is 1.12. The number of anilines is 2. The van der Waals surface area contributed by atoms with Crippen molar-refractivity contribution >= 4 is 11.4 Å². The predicted octanol–water partition coefficient (Wildman–Crippen LogP) is 3.50. The molecule has 1 aromatic carbocycles. The first-order valence-corrected chi connectivity index (χ1v) is 5.31. The van der Waals surface area contributed by atoms with Crippen LogP contribution in [-0.2, 0) is 0 Å². The van der Waals surface area contributed by atoms with Gasteiger partial charge in [0.2, 0.25) is 0 Å². The van der Waals surface area contributed by atoms with E-state index in [0.29, 0.717) is 0 Å². The van der Waals surface area contributed by atoms with E-state index >= 15 is 0 Å². The van der Waals surface area contributed by atoms with Crippen LogP contribution in [0.15, 0.2) is 61.1 Å². The zero-order valence-electron chi connectivity index (χ0n) is 9.77. The molecule has 2 rings (SSSR count). The third kappa shape index (κ3) is 1.34. The molecule has 0 fully saturated rings. The summed E-state index contributed by atoms with van der Waals surface area (Å²) in [5.41, 5.74) is 3.24. The van der Waals surface area contributed by atoms with Crippen LogP contribution in [0.1, 0.15) is 6.92 Å². The standard InChI is InChI=1S/C14H16N2/c1-5-11(3)16-13-10-8-7-9-12(13)15(4)14(16)6-2/h5-10H,1,3H2,2,4H3. The van der Waals surface area contributed by atoms with Crippen molar-refractivity contribution < 1.29 is 0 Å². The average Bonchev–Trinajstić information content (AvgIpc) is 2.62. The molecule has 0 amide bonds. The Hall–Kier alpha value is -1.96. The molecule has 1 aliphatic heterocycles. The van der Waals surface area contributed by atoms with Crippen LogP contribution in [0.4, 0.5) is 11.4 Å². The summed E-state index contributed by atoms with van der Waals surface area (Å²) in [6, 6.07) is 8.28. The summed E-state index contributed by atoms with van der Waals surface area (Å²) in [5, 5.41) is 0. The molecule has 1 heterocycles. The number of hydrogen-bond donors (Lipinski definition) is 0. The molecule has 0 aliphatic carbocycles. The lowest BCUT2D eigenvalue weighted by atomic mass is 10.2. The average molecular weight is 212 g/mol. The van der Waals surface area contributed by atoms with E-state index in [1.807, 2.05) is 19.1 Å². The molecule has 0 N–H and O–H groups in total. The van der Waals surface area contributed by atoms with Crippen LogP contribution in [0, 0.1) is 0 Å². The zero-order valence-corrected chi connectivity index (χ0v) is 9.77. The van der Waals surface area contributed by atoms with Gasteiger partial charge in [-0.3, -0.25) is 4.90 Å². The first kappa shape index (κ1) is 10.6. The van der Waals surface area contributed by atoms with Gasteiger partial charge in [-0.25, -0.2) is 0 Å². The second kappa shape index (κ2) is 3.89. The first-order valence-electron chi connectivity index (χ1n) is 5.31. The van der Waals surface area contributed by atoms with Gasteiger partial charge in [0.15, 0.2) is 0 Å². The Balaban J connectivity index is 2.60. The van der Waals surface area contributed by atoms with E-state index < -0.39 is 0 Å². The van der Waals surface area contributed by atoms with Gasteiger partial charge in [-0.2, -0.15) is 0 Å². The van der Waals surface area contributed by atoms with Gasteiger partial charge < -0.3 is 4.90 Å². The SMILES string of the molecule is C=CC(=C)N1C(=CC)N(C)c2ccccc21. The summed E-state index contributed by atoms with van der Waals surface area (Å²) in [6.07, 6.45) is 3.86. The van der Waals surface area contributed by atoms with Gasteiger partial charge in [-0.05, 0) is 31.2 Å². The molecule has 0 radical (unpaired) electrons. The molecule has 0 saturated carbocycles. The lowest BCUT2D eigenvalue weighted by Crippen LogP contribution is -2.23. The van der Waals surface area contributed by atoms with Gasteiger partial charge in [0.1, 0.15) is 5.82 Å². The number of benzene rings is 1. The van der Waals surface area contributed by atoms with E-state index in [2.05, 4.69) is 48.2 Å². The summed E-state index contributed by atoms with van der Waals surface area (Å²) in [6.45, 7) is 9.84. The van der Waals surface area contributed by atoms with Gasteiger partial charge in [0, 0.05) is 12.7 Å². The van der Waals surface area contributed by atoms with Crippen LogP contribution in [0.2, 0.25) is 0 Å². The fourth-order valence-electron chi connectivity index (χ4n) is 2.05. The molecule has 2 heteroatoms. The third-order valence-electron chi connectivity index (χ3n) is 2.84. The molecule has 0 saturated heterocycles. The lowest BCUT2D eigenvalue weighted by molar-refractivity contribution is 1.05. The maximum absolute atomic E-state index is 4.03. The molecule has 0 unspecified atom stereocenters. The number of nitrogens with zero attached hydrogens (tertiary/aromatic N) is 2. The quantitative estimate of drug-likeness (QED) is 0.692. The monoisotopic (exact) mass is 212 g/mol. The normalized spacial score (nSPS) is 16.5. The van der Waals surface area contributed by atoms with E-state index in [9.17, 15) is 0 Å². The predicted molar refractivity (Wildman–Crippen MR) is 70.4 cm³/mol. The van der Waals surface area contributed by atoms with Crippen LogP contribution in [0.3, 0.4) is 0 Å². The Kier molecular flexibility index (Phi) is 2.57. The van der Waals surface area contributed by atoms with Crippen molar-refractivity contribution in [3.63, 3.8) is 0 Å². The third-order valence-corrected chi connectivity index (χ3v) is 2.84. The van der Waals surface area contributed by atoms with E-state index in [1.54, 1.807) is 6.08 Å². The highest BCUT2D eigenvalue weighted by Gasteiger charge is 2.28. The van der Waals surface area contributed by atoms with Gasteiger partial charge >= 0.3 is 0 Å². The highest BCUT2D eigenvalue weighted by Crippen LogP contribution is 2.42. The van der Waals surface area contributed by atoms with E-state index in [4.69, 9.17) is 0 Å². The van der Waals surface area contributed by atoms with Crippen molar-refractivity contribution in [2.75, 3.05) is 16.8 Å². The highest BCUT2D eigenvalue weighted by molar-refractivity contribution is 5.84. The highest BCUT2D eigenvalue weighted by atomic mass is 15.4. The molecule has 1 aliphatic rings. The minimum Gasteiger partial charge on any atom is -0.329 e. The largest absolute Gasteiger partial charge is 0.329 e. The van der Waals surface area contributed by atoms with Gasteiger partial charge in [-0.15, -0.1) is 0 Å². The van der Waals surface area contributed by atoms with Crippen LogP contribution in [0.5, 0.6) is 0 Å². The molecule has 82 valence electrons. The Morgan fingerprint density at radius 1 is 1.25 bits per heavy atom. The molecular weight excluding hydrogens is 196 g/mol. The summed E-state index contributed by atoms with van der Waals surface area (Å²) in [4.78, 5) is 4.27. The van der Waals surface area contributed by atoms with Crippen molar-refractivity contribution in [3.05, 3.63) is 61.1 Å². The fraction of sp³-hybridized carbons (Fsp3) is 0.143. The van der Waals surface area contributed by atoms with Crippen LogP contribution < -0.4 is 9.80 Å². The molecule has 16 heavy (non-hydrogen) atoms. The van der Waals surface area contributed by atoms with Gasteiger partial charge in [0.05, 0.1) is 11.4 Å². The number of allylic oxidation sites excluding steroid dienone is 2. The van der Waals surface area contributed by atoms with Crippen molar-refractivity contribution in [3.8, 4) is 0 Å². The van der Waals surface area contributed by atoms with Crippen LogP contribution in [0.25, 0.3) is 0 Å². The molecule has 0 spiro atoms. The van der Waals surface area contributed by atoms with Gasteiger partial charge in [0.25, 0.3) is 0 Å². The topological polar surface area (TPSA) is 6.48 Å². The van der Waals surface area contributed by atoms with Crippen molar-refractivity contribution in [2.24, 2.45) is 0 Å². The Morgan fingerprint density at radius 2 is 1.88 bits per heavy atom. The number of hydrogen-bond acceptors (Lipinski definition) is 2. The smallest absolute Gasteiger partial charge is 0.113 e. The molecule has 0 bridgehead atoms. The number of fused-ring (bicyclic) bond motifs is 1. The van der Waals surface area contributed by atoms with E-state index in [1.165, 1.54) is 5.69 Å². The van der Waals surface area contributed by atoms with E-state index in [0.717, 1.165) is 17.2 Å². The Morgan fingerprint density at radius 3 is 2.44 bits per heavy atom. The van der Waals surface area contributed by atoms with Crippen molar-refractivity contribution in [1.29, 1.82) is 0 Å². The molecule has 2 nitrogen and oxygen atoms in total. The molecule has 0 aromatic heterocycles. The summed E-state index contributed by atoms with van der Waals surface area (Å²) in [7, 11) is 2.06. The lowest BCUT2D eigenvalue weighted by Gasteiger charge is -2.22. The Bertz CT molecular complexity index is 471. The summed E-state index contributed by atoms with van der Waals surface area (Å²) < 4.78 is 0. The van der Waals surface area contributed by atoms with Crippen molar-refractivity contribution in [1.82, 2.24) is 0 Å². The van der Waals surface area contributed by atoms with Crippen molar-refractivity contribution in [2.45, 2.75) is 6.92 Å².